The molecule has 10 heteroatoms. The molecule has 1 unspecified atom stereocenters. The van der Waals surface area contributed by atoms with E-state index >= 15 is 0 Å². The third-order valence-electron chi connectivity index (χ3n) is 5.36. The second kappa shape index (κ2) is 9.49. The molecule has 3 aromatic rings. The SMILES string of the molecule is Cc1ccc(S(=O)(=O)N2CCCC(C(=O)Nc3nc(-c4ccc(Cl)cc4Cl)cs3)C2)cc1. The maximum Gasteiger partial charge on any atom is 0.243 e. The van der Waals surface area contributed by atoms with E-state index in [1.54, 1.807) is 47.8 Å². The van der Waals surface area contributed by atoms with Crippen LogP contribution in [0.15, 0.2) is 52.7 Å². The van der Waals surface area contributed by atoms with Crippen molar-refractivity contribution >= 4 is 55.6 Å². The van der Waals surface area contributed by atoms with E-state index in [-0.39, 0.29) is 17.3 Å². The smallest absolute Gasteiger partial charge is 0.243 e. The van der Waals surface area contributed by atoms with Gasteiger partial charge >= 0.3 is 0 Å². The summed E-state index contributed by atoms with van der Waals surface area (Å²) in [6.45, 7) is 2.45. The van der Waals surface area contributed by atoms with Gasteiger partial charge in [-0.3, -0.25) is 4.79 Å². The van der Waals surface area contributed by atoms with Gasteiger partial charge in [-0.25, -0.2) is 13.4 Å². The number of sulfonamides is 1. The quantitative estimate of drug-likeness (QED) is 0.494. The number of aryl methyl sites for hydroxylation is 1. The van der Waals surface area contributed by atoms with E-state index in [0.29, 0.717) is 40.3 Å². The van der Waals surface area contributed by atoms with Crippen LogP contribution in [0.25, 0.3) is 11.3 Å². The normalized spacial score (nSPS) is 17.3. The van der Waals surface area contributed by atoms with Crippen LogP contribution in [0.3, 0.4) is 0 Å². The summed E-state index contributed by atoms with van der Waals surface area (Å²) in [6.07, 6.45) is 1.24. The van der Waals surface area contributed by atoms with Crippen LogP contribution in [-0.4, -0.2) is 36.7 Å². The molecule has 1 fully saturated rings. The Balaban J connectivity index is 1.45. The molecule has 2 heterocycles. The number of benzene rings is 2. The molecule has 2 aromatic carbocycles. The van der Waals surface area contributed by atoms with Gasteiger partial charge in [0, 0.05) is 29.1 Å². The first-order chi connectivity index (χ1) is 15.2. The Hall–Kier alpha value is -1.97. The number of rotatable bonds is 5. The van der Waals surface area contributed by atoms with E-state index in [1.807, 2.05) is 6.92 Å². The van der Waals surface area contributed by atoms with Gasteiger partial charge in [0.1, 0.15) is 0 Å². The standard InChI is InChI=1S/C22H21Cl2N3O3S2/c1-14-4-7-17(8-5-14)32(29,30)27-10-2-3-15(12-27)21(28)26-22-25-20(13-31-22)18-9-6-16(23)11-19(18)24/h4-9,11,13,15H,2-3,10,12H2,1H3,(H,25,26,28). The molecule has 0 saturated carbocycles. The lowest BCUT2D eigenvalue weighted by molar-refractivity contribution is -0.120. The van der Waals surface area contributed by atoms with Crippen molar-refractivity contribution in [3.05, 3.63) is 63.5 Å². The van der Waals surface area contributed by atoms with E-state index in [1.165, 1.54) is 15.6 Å². The van der Waals surface area contributed by atoms with Gasteiger partial charge in [-0.05, 0) is 50.1 Å². The Morgan fingerprint density at radius 2 is 1.94 bits per heavy atom. The first-order valence-electron chi connectivity index (χ1n) is 10.0. The molecule has 1 atom stereocenters. The van der Waals surface area contributed by atoms with Crippen molar-refractivity contribution in [1.82, 2.24) is 9.29 Å². The summed E-state index contributed by atoms with van der Waals surface area (Å²) in [5, 5.41) is 6.08. The van der Waals surface area contributed by atoms with Crippen molar-refractivity contribution < 1.29 is 13.2 Å². The number of amides is 1. The highest BCUT2D eigenvalue weighted by atomic mass is 35.5. The van der Waals surface area contributed by atoms with Crippen molar-refractivity contribution in [1.29, 1.82) is 0 Å². The zero-order chi connectivity index (χ0) is 22.9. The van der Waals surface area contributed by atoms with Crippen molar-refractivity contribution in [2.24, 2.45) is 5.92 Å². The molecular formula is C22H21Cl2N3O3S2. The van der Waals surface area contributed by atoms with E-state index < -0.39 is 15.9 Å². The van der Waals surface area contributed by atoms with Gasteiger partial charge in [-0.2, -0.15) is 4.31 Å². The van der Waals surface area contributed by atoms with Gasteiger partial charge < -0.3 is 5.32 Å². The maximum atomic E-state index is 13.0. The largest absolute Gasteiger partial charge is 0.302 e. The summed E-state index contributed by atoms with van der Waals surface area (Å²) in [6, 6.07) is 11.9. The monoisotopic (exact) mass is 509 g/mol. The molecule has 1 N–H and O–H groups in total. The number of carbonyl (C=O) groups is 1. The number of piperidine rings is 1. The summed E-state index contributed by atoms with van der Waals surface area (Å²) >= 11 is 13.5. The highest BCUT2D eigenvalue weighted by molar-refractivity contribution is 7.89. The third-order valence-corrected chi connectivity index (χ3v) is 8.54. The van der Waals surface area contributed by atoms with Crippen LogP contribution in [0.2, 0.25) is 10.0 Å². The molecule has 168 valence electrons. The summed E-state index contributed by atoms with van der Waals surface area (Å²) in [4.78, 5) is 17.6. The van der Waals surface area contributed by atoms with E-state index in [4.69, 9.17) is 23.2 Å². The Labute approximate surface area is 201 Å². The molecule has 6 nitrogen and oxygen atoms in total. The number of halogens is 2. The molecule has 0 radical (unpaired) electrons. The molecule has 1 saturated heterocycles. The minimum atomic E-state index is -3.64. The molecule has 0 spiro atoms. The minimum absolute atomic E-state index is 0.142. The summed E-state index contributed by atoms with van der Waals surface area (Å²) in [5.41, 5.74) is 2.35. The van der Waals surface area contributed by atoms with Crippen LogP contribution in [-0.2, 0) is 14.8 Å². The number of thiazole rings is 1. The second-order valence-electron chi connectivity index (χ2n) is 7.67. The summed E-state index contributed by atoms with van der Waals surface area (Å²) in [7, 11) is -3.64. The lowest BCUT2D eigenvalue weighted by Crippen LogP contribution is -2.43. The van der Waals surface area contributed by atoms with Gasteiger partial charge in [-0.1, -0.05) is 40.9 Å². The Morgan fingerprint density at radius 1 is 1.19 bits per heavy atom. The fourth-order valence-corrected chi connectivity index (χ4v) is 6.34. The Morgan fingerprint density at radius 3 is 2.66 bits per heavy atom. The highest BCUT2D eigenvalue weighted by Gasteiger charge is 2.33. The first-order valence-corrected chi connectivity index (χ1v) is 13.1. The predicted octanol–water partition coefficient (Wildman–Crippen LogP) is 5.46. The average Bonchev–Trinajstić information content (AvgIpc) is 3.22. The topological polar surface area (TPSA) is 79.4 Å². The molecule has 1 aromatic heterocycles. The van der Waals surface area contributed by atoms with Crippen molar-refractivity contribution in [3.8, 4) is 11.3 Å². The zero-order valence-electron chi connectivity index (χ0n) is 17.2. The first kappa shape index (κ1) is 23.2. The minimum Gasteiger partial charge on any atom is -0.302 e. The fourth-order valence-electron chi connectivity index (χ4n) is 3.59. The predicted molar refractivity (Wildman–Crippen MR) is 129 cm³/mol. The lowest BCUT2D eigenvalue weighted by atomic mass is 9.99. The van der Waals surface area contributed by atoms with E-state index in [9.17, 15) is 13.2 Å². The number of anilines is 1. The number of hydrogen-bond acceptors (Lipinski definition) is 5. The molecule has 0 aliphatic carbocycles. The van der Waals surface area contributed by atoms with Crippen LogP contribution in [0.4, 0.5) is 5.13 Å². The fraction of sp³-hybridized carbons (Fsp3) is 0.273. The number of nitrogens with zero attached hydrogens (tertiary/aromatic N) is 2. The molecular weight excluding hydrogens is 489 g/mol. The molecule has 32 heavy (non-hydrogen) atoms. The van der Waals surface area contributed by atoms with Gasteiger partial charge in [0.15, 0.2) is 5.13 Å². The molecule has 1 aliphatic heterocycles. The van der Waals surface area contributed by atoms with Gasteiger partial charge in [-0.15, -0.1) is 11.3 Å². The third kappa shape index (κ3) is 5.00. The molecule has 0 bridgehead atoms. The Kier molecular flexibility index (Phi) is 6.88. The lowest BCUT2D eigenvalue weighted by Gasteiger charge is -2.31. The number of hydrogen-bond donors (Lipinski definition) is 1. The van der Waals surface area contributed by atoms with Crippen molar-refractivity contribution in [3.63, 3.8) is 0 Å². The number of nitrogens with one attached hydrogen (secondary N) is 1. The van der Waals surface area contributed by atoms with Gasteiger partial charge in [0.25, 0.3) is 0 Å². The van der Waals surface area contributed by atoms with Crippen LogP contribution < -0.4 is 5.32 Å². The summed E-state index contributed by atoms with van der Waals surface area (Å²) in [5.74, 6) is -0.688. The van der Waals surface area contributed by atoms with Gasteiger partial charge in [0.2, 0.25) is 15.9 Å². The number of aromatic nitrogens is 1. The van der Waals surface area contributed by atoms with Crippen molar-refractivity contribution in [2.75, 3.05) is 18.4 Å². The van der Waals surface area contributed by atoms with Crippen LogP contribution in [0.5, 0.6) is 0 Å². The second-order valence-corrected chi connectivity index (χ2v) is 11.3. The van der Waals surface area contributed by atoms with Crippen LogP contribution in [0.1, 0.15) is 18.4 Å². The Bertz CT molecular complexity index is 1240. The molecule has 1 aliphatic rings. The molecule has 4 rings (SSSR count). The van der Waals surface area contributed by atoms with Gasteiger partial charge in [0.05, 0.1) is 21.5 Å². The average molecular weight is 510 g/mol. The molecule has 1 amide bonds. The van der Waals surface area contributed by atoms with E-state index in [0.717, 1.165) is 11.1 Å². The zero-order valence-corrected chi connectivity index (χ0v) is 20.4. The number of carbonyl (C=O) groups excluding carboxylic acids is 1. The highest BCUT2D eigenvalue weighted by Crippen LogP contribution is 2.33. The van der Waals surface area contributed by atoms with Crippen molar-refractivity contribution in [2.45, 2.75) is 24.7 Å². The van der Waals surface area contributed by atoms with Crippen LogP contribution in [0, 0.1) is 12.8 Å². The van der Waals surface area contributed by atoms with Crippen LogP contribution >= 0.6 is 34.5 Å². The van der Waals surface area contributed by atoms with E-state index in [2.05, 4.69) is 10.3 Å². The summed E-state index contributed by atoms with van der Waals surface area (Å²) < 4.78 is 27.4. The maximum absolute atomic E-state index is 13.0.